The SMILES string of the molecule is CCCCCCCCOC(=O)OCCOP(=O)(N=C(N)N(C)C(C)C(=O)O)OCCOC(=O)OCCCCCCCC. The van der Waals surface area contributed by atoms with Crippen molar-refractivity contribution in [2.45, 2.75) is 104 Å². The first kappa shape index (κ1) is 39.4. The maximum absolute atomic E-state index is 13.2. The van der Waals surface area contributed by atoms with E-state index in [0.717, 1.165) is 69.1 Å². The molecule has 0 rings (SSSR count). The van der Waals surface area contributed by atoms with Gasteiger partial charge in [0.05, 0.1) is 26.4 Å². The molecule has 0 radical (unpaired) electrons. The number of likely N-dealkylation sites (N-methyl/N-ethyl adjacent to an activating group) is 1. The Morgan fingerprint density at radius 1 is 0.714 bits per heavy atom. The van der Waals surface area contributed by atoms with E-state index < -0.39 is 38.0 Å². The average Bonchev–Trinajstić information content (AvgIpc) is 2.95. The zero-order valence-corrected chi connectivity index (χ0v) is 26.6. The molecule has 246 valence electrons. The van der Waals surface area contributed by atoms with Crippen molar-refractivity contribution in [3.8, 4) is 0 Å². The number of carbonyl (C=O) groups excluding carboxylic acids is 2. The van der Waals surface area contributed by atoms with Crippen molar-refractivity contribution in [2.24, 2.45) is 10.5 Å². The number of carboxylic acids is 1. The molecule has 1 unspecified atom stereocenters. The second-order valence-corrected chi connectivity index (χ2v) is 11.3. The van der Waals surface area contributed by atoms with Gasteiger partial charge in [-0.25, -0.2) is 18.9 Å². The number of hydrogen-bond donors (Lipinski definition) is 2. The van der Waals surface area contributed by atoms with Crippen LogP contribution in [0, 0.1) is 0 Å². The lowest BCUT2D eigenvalue weighted by Crippen LogP contribution is -2.44. The lowest BCUT2D eigenvalue weighted by Gasteiger charge is -2.23. The minimum absolute atomic E-state index is 0.226. The third-order valence-corrected chi connectivity index (χ3v) is 7.54. The molecule has 0 heterocycles. The normalized spacial score (nSPS) is 12.4. The van der Waals surface area contributed by atoms with Gasteiger partial charge in [-0.05, 0) is 19.8 Å². The molecule has 0 saturated heterocycles. The minimum Gasteiger partial charge on any atom is -0.480 e. The average molecular weight is 626 g/mol. The van der Waals surface area contributed by atoms with Crippen molar-refractivity contribution < 1.29 is 52.1 Å². The number of carbonyl (C=O) groups is 3. The van der Waals surface area contributed by atoms with Crippen LogP contribution in [0.25, 0.3) is 0 Å². The molecule has 0 spiro atoms. The predicted molar refractivity (Wildman–Crippen MR) is 157 cm³/mol. The van der Waals surface area contributed by atoms with Crippen LogP contribution in [0.3, 0.4) is 0 Å². The molecule has 15 heteroatoms. The van der Waals surface area contributed by atoms with Crippen LogP contribution in [0.4, 0.5) is 9.59 Å². The van der Waals surface area contributed by atoms with Gasteiger partial charge in [-0.15, -0.1) is 4.76 Å². The van der Waals surface area contributed by atoms with Crippen LogP contribution >= 0.6 is 7.75 Å². The molecule has 42 heavy (non-hydrogen) atoms. The van der Waals surface area contributed by atoms with Crippen LogP contribution in [0.2, 0.25) is 0 Å². The highest BCUT2D eigenvalue weighted by molar-refractivity contribution is 7.52. The van der Waals surface area contributed by atoms with Gasteiger partial charge in [0, 0.05) is 7.05 Å². The molecule has 14 nitrogen and oxygen atoms in total. The van der Waals surface area contributed by atoms with Gasteiger partial charge in [0.2, 0.25) is 5.96 Å². The Bertz CT molecular complexity index is 787. The van der Waals surface area contributed by atoms with E-state index in [9.17, 15) is 24.1 Å². The van der Waals surface area contributed by atoms with Crippen molar-refractivity contribution in [1.29, 1.82) is 0 Å². The molecule has 0 aromatic heterocycles. The Morgan fingerprint density at radius 2 is 1.10 bits per heavy atom. The van der Waals surface area contributed by atoms with Crippen LogP contribution in [0.1, 0.15) is 97.8 Å². The highest BCUT2D eigenvalue weighted by Gasteiger charge is 2.28. The van der Waals surface area contributed by atoms with Gasteiger partial charge in [-0.3, -0.25) is 9.05 Å². The quantitative estimate of drug-likeness (QED) is 0.0403. The lowest BCUT2D eigenvalue weighted by atomic mass is 10.1. The zero-order valence-electron chi connectivity index (χ0n) is 25.8. The van der Waals surface area contributed by atoms with Crippen molar-refractivity contribution in [3.05, 3.63) is 0 Å². The summed E-state index contributed by atoms with van der Waals surface area (Å²) in [6.07, 6.45) is 10.7. The summed E-state index contributed by atoms with van der Waals surface area (Å²) in [6, 6.07) is -1.09. The number of carboxylic acid groups (broad SMARTS) is 1. The standard InChI is InChI=1S/C27H52N3O11P/c1-5-7-9-11-13-15-17-36-26(33)38-19-21-40-42(35,29-25(28)30(4)23(3)24(31)32)41-22-20-39-27(34)37-18-16-14-12-10-8-6-2/h23H,5-22H2,1-4H3,(H,31,32)(H2,28,29,35). The second kappa shape index (κ2) is 25.0. The molecule has 0 aromatic carbocycles. The first-order valence-electron chi connectivity index (χ1n) is 14.9. The predicted octanol–water partition coefficient (Wildman–Crippen LogP) is 5.87. The van der Waals surface area contributed by atoms with Gasteiger partial charge in [0.1, 0.15) is 19.3 Å². The Morgan fingerprint density at radius 3 is 1.50 bits per heavy atom. The molecule has 0 fully saturated rings. The van der Waals surface area contributed by atoms with Crippen LogP contribution < -0.4 is 5.73 Å². The Balaban J connectivity index is 4.68. The molecule has 3 N–H and O–H groups in total. The highest BCUT2D eigenvalue weighted by Crippen LogP contribution is 2.49. The van der Waals surface area contributed by atoms with Crippen molar-refractivity contribution in [1.82, 2.24) is 4.90 Å². The van der Waals surface area contributed by atoms with E-state index in [1.807, 2.05) is 0 Å². The van der Waals surface area contributed by atoms with Crippen molar-refractivity contribution in [2.75, 3.05) is 46.7 Å². The summed E-state index contributed by atoms with van der Waals surface area (Å²) >= 11 is 0. The summed E-state index contributed by atoms with van der Waals surface area (Å²) in [4.78, 5) is 35.9. The van der Waals surface area contributed by atoms with E-state index >= 15 is 0 Å². The molecular formula is C27H52N3O11P. The largest absolute Gasteiger partial charge is 0.508 e. The van der Waals surface area contributed by atoms with Gasteiger partial charge in [-0.1, -0.05) is 78.1 Å². The van der Waals surface area contributed by atoms with Gasteiger partial charge in [0.15, 0.2) is 0 Å². The maximum atomic E-state index is 13.2. The Hall–Kier alpha value is -2.57. The first-order chi connectivity index (χ1) is 20.1. The lowest BCUT2D eigenvalue weighted by molar-refractivity contribution is -0.140. The number of nitrogens with zero attached hydrogens (tertiary/aromatic N) is 2. The van der Waals surface area contributed by atoms with Crippen molar-refractivity contribution >= 4 is 32.0 Å². The molecular weight excluding hydrogens is 573 g/mol. The monoisotopic (exact) mass is 625 g/mol. The molecule has 0 aliphatic carbocycles. The van der Waals surface area contributed by atoms with E-state index in [2.05, 4.69) is 18.6 Å². The van der Waals surface area contributed by atoms with E-state index in [0.29, 0.717) is 0 Å². The molecule has 0 aliphatic rings. The van der Waals surface area contributed by atoms with Gasteiger partial charge in [0.25, 0.3) is 0 Å². The summed E-state index contributed by atoms with van der Waals surface area (Å²) < 4.78 is 47.3. The van der Waals surface area contributed by atoms with E-state index in [4.69, 9.17) is 33.7 Å². The fourth-order valence-corrected chi connectivity index (χ4v) is 4.56. The second-order valence-electron chi connectivity index (χ2n) is 9.65. The topological polar surface area (TPSA) is 186 Å². The fraction of sp³-hybridized carbons (Fsp3) is 0.852. The van der Waals surface area contributed by atoms with Crippen LogP contribution in [-0.4, -0.2) is 87.0 Å². The molecule has 0 aliphatic heterocycles. The number of ether oxygens (including phenoxy) is 4. The fourth-order valence-electron chi connectivity index (χ4n) is 3.37. The molecule has 0 aromatic rings. The first-order valence-corrected chi connectivity index (χ1v) is 16.3. The number of aliphatic carboxylic acids is 1. The van der Waals surface area contributed by atoms with E-state index in [1.165, 1.54) is 26.8 Å². The number of unbranched alkanes of at least 4 members (excludes halogenated alkanes) is 10. The zero-order chi connectivity index (χ0) is 31.6. The maximum Gasteiger partial charge on any atom is 0.508 e. The molecule has 0 amide bonds. The van der Waals surface area contributed by atoms with Crippen LogP contribution in [0.15, 0.2) is 4.76 Å². The summed E-state index contributed by atoms with van der Waals surface area (Å²) in [6.45, 7) is 4.67. The summed E-state index contributed by atoms with van der Waals surface area (Å²) in [5, 5.41) is 9.20. The molecule has 1 atom stereocenters. The summed E-state index contributed by atoms with van der Waals surface area (Å²) in [5.41, 5.74) is 5.83. The minimum atomic E-state index is -4.33. The number of hydrogen-bond acceptors (Lipinski definition) is 10. The highest BCUT2D eigenvalue weighted by atomic mass is 31.2. The summed E-state index contributed by atoms with van der Waals surface area (Å²) in [5.74, 6) is -1.61. The van der Waals surface area contributed by atoms with Crippen LogP contribution in [-0.2, 0) is 37.4 Å². The Labute approximate surface area is 250 Å². The smallest absolute Gasteiger partial charge is 0.480 e. The van der Waals surface area contributed by atoms with E-state index in [1.54, 1.807) is 0 Å². The number of guanidine groups is 1. The third kappa shape index (κ3) is 21.2. The molecule has 0 saturated carbocycles. The van der Waals surface area contributed by atoms with Gasteiger partial charge < -0.3 is 34.7 Å². The van der Waals surface area contributed by atoms with Crippen molar-refractivity contribution in [3.63, 3.8) is 0 Å². The Kier molecular flexibility index (Phi) is 23.4. The van der Waals surface area contributed by atoms with E-state index in [-0.39, 0.29) is 39.6 Å². The van der Waals surface area contributed by atoms with Gasteiger partial charge >= 0.3 is 26.0 Å². The van der Waals surface area contributed by atoms with Crippen LogP contribution in [0.5, 0.6) is 0 Å². The summed E-state index contributed by atoms with van der Waals surface area (Å²) in [7, 11) is -2.99. The van der Waals surface area contributed by atoms with Gasteiger partial charge in [-0.2, -0.15) is 0 Å². The number of rotatable bonds is 25. The molecule has 0 bridgehead atoms. The number of nitrogens with two attached hydrogens (primary N) is 1. The third-order valence-electron chi connectivity index (χ3n) is 6.08.